The van der Waals surface area contributed by atoms with Gasteiger partial charge in [-0.3, -0.25) is 19.2 Å². The van der Waals surface area contributed by atoms with Crippen LogP contribution < -0.4 is 16.0 Å². The minimum atomic E-state index is -1.30. The summed E-state index contributed by atoms with van der Waals surface area (Å²) in [4.78, 5) is 65.4. The highest BCUT2D eigenvalue weighted by molar-refractivity contribution is 5.92. The molecule has 1 heterocycles. The van der Waals surface area contributed by atoms with Crippen LogP contribution in [0, 0.1) is 0 Å². The molecule has 1 aromatic heterocycles. The van der Waals surface area contributed by atoms with E-state index in [1.54, 1.807) is 20.8 Å². The maximum Gasteiger partial charge on any atom is 0.408 e. The molecule has 0 aliphatic carbocycles. The van der Waals surface area contributed by atoms with Gasteiger partial charge in [0.1, 0.15) is 24.2 Å². The number of carbonyl (C=O) groups excluding carboxylic acids is 3. The number of rotatable bonds is 11. The predicted octanol–water partition coefficient (Wildman–Crippen LogP) is -0.604. The number of hydrogen-bond donors (Lipinski definition) is 6. The maximum absolute atomic E-state index is 12.7. The van der Waals surface area contributed by atoms with Gasteiger partial charge in [-0.1, -0.05) is 0 Å². The van der Waals surface area contributed by atoms with E-state index in [0.717, 1.165) is 0 Å². The van der Waals surface area contributed by atoms with Gasteiger partial charge in [0.25, 0.3) is 0 Å². The van der Waals surface area contributed by atoms with E-state index in [0.29, 0.717) is 5.69 Å². The molecule has 1 aromatic rings. The van der Waals surface area contributed by atoms with Gasteiger partial charge in [0, 0.05) is 24.7 Å². The van der Waals surface area contributed by atoms with Crippen molar-refractivity contribution < 1.29 is 38.9 Å². The lowest BCUT2D eigenvalue weighted by molar-refractivity contribution is -0.138. The minimum Gasteiger partial charge on any atom is -0.481 e. The lowest BCUT2D eigenvalue weighted by atomic mass is 10.1. The largest absolute Gasteiger partial charge is 0.481 e. The Balaban J connectivity index is 2.94. The number of aromatic nitrogens is 2. The Morgan fingerprint density at radius 2 is 1.74 bits per heavy atom. The third-order valence-corrected chi connectivity index (χ3v) is 3.68. The first-order valence-corrected chi connectivity index (χ1v) is 9.36. The van der Waals surface area contributed by atoms with E-state index < -0.39 is 60.5 Å². The molecule has 0 unspecified atom stereocenters. The molecule has 0 bridgehead atoms. The van der Waals surface area contributed by atoms with Gasteiger partial charge < -0.3 is 35.9 Å². The standard InChI is InChI=1S/C18H27N5O8/c1-18(2,3)31-17(30)23-11(4-5-13(24)25)16(29)22-12(6-10-7-19-9-21-10)15(28)20-8-14(26)27/h7,9,11-12H,4-6,8H2,1-3H3,(H,19,21)(H,20,28)(H,22,29)(H,23,30)(H,24,25)(H,26,27)/t11-,12-/m0/s1. The van der Waals surface area contributed by atoms with Gasteiger partial charge in [0.05, 0.1) is 6.33 Å². The normalized spacial score (nSPS) is 12.9. The van der Waals surface area contributed by atoms with Crippen molar-refractivity contribution in [1.29, 1.82) is 0 Å². The molecular weight excluding hydrogens is 414 g/mol. The van der Waals surface area contributed by atoms with Crippen LogP contribution >= 0.6 is 0 Å². The number of imidazole rings is 1. The van der Waals surface area contributed by atoms with E-state index in [1.165, 1.54) is 12.5 Å². The molecule has 0 saturated carbocycles. The highest BCUT2D eigenvalue weighted by Gasteiger charge is 2.29. The van der Waals surface area contributed by atoms with Crippen LogP contribution in [0.1, 0.15) is 39.3 Å². The van der Waals surface area contributed by atoms with E-state index >= 15 is 0 Å². The molecule has 0 radical (unpaired) electrons. The van der Waals surface area contributed by atoms with Gasteiger partial charge in [-0.05, 0) is 27.2 Å². The number of H-pyrrole nitrogens is 1. The molecule has 6 N–H and O–H groups in total. The second kappa shape index (κ2) is 11.5. The third kappa shape index (κ3) is 10.6. The van der Waals surface area contributed by atoms with E-state index in [-0.39, 0.29) is 12.8 Å². The number of hydrogen-bond acceptors (Lipinski definition) is 7. The molecule has 172 valence electrons. The van der Waals surface area contributed by atoms with Crippen LogP contribution in [0.5, 0.6) is 0 Å². The van der Waals surface area contributed by atoms with Crippen molar-refractivity contribution in [1.82, 2.24) is 25.9 Å². The number of amides is 3. The van der Waals surface area contributed by atoms with Gasteiger partial charge >= 0.3 is 18.0 Å². The molecule has 0 aromatic carbocycles. The average Bonchev–Trinajstić information content (AvgIpc) is 3.13. The lowest BCUT2D eigenvalue weighted by Gasteiger charge is -2.25. The first-order chi connectivity index (χ1) is 14.4. The number of nitrogens with zero attached hydrogens (tertiary/aromatic N) is 1. The topological polar surface area (TPSA) is 200 Å². The number of ether oxygens (including phenoxy) is 1. The van der Waals surface area contributed by atoms with Crippen molar-refractivity contribution in [3.05, 3.63) is 18.2 Å². The molecule has 13 heteroatoms. The molecule has 13 nitrogen and oxygen atoms in total. The number of carbonyl (C=O) groups is 5. The van der Waals surface area contributed by atoms with Crippen molar-refractivity contribution >= 4 is 29.8 Å². The van der Waals surface area contributed by atoms with Gasteiger partial charge in [-0.15, -0.1) is 0 Å². The van der Waals surface area contributed by atoms with Gasteiger partial charge in [0.15, 0.2) is 0 Å². The van der Waals surface area contributed by atoms with Crippen LogP contribution in [0.15, 0.2) is 12.5 Å². The van der Waals surface area contributed by atoms with Crippen LogP contribution in [0.3, 0.4) is 0 Å². The quantitative estimate of drug-likeness (QED) is 0.259. The molecule has 0 aliphatic heterocycles. The number of carboxylic acid groups (broad SMARTS) is 2. The van der Waals surface area contributed by atoms with Crippen molar-refractivity contribution in [2.45, 2.75) is 57.7 Å². The highest BCUT2D eigenvalue weighted by atomic mass is 16.6. The minimum absolute atomic E-state index is 0.0463. The van der Waals surface area contributed by atoms with Crippen LogP contribution in [0.4, 0.5) is 4.79 Å². The van der Waals surface area contributed by atoms with E-state index in [9.17, 15) is 24.0 Å². The van der Waals surface area contributed by atoms with Crippen molar-refractivity contribution in [2.24, 2.45) is 0 Å². The molecule has 31 heavy (non-hydrogen) atoms. The first kappa shape index (κ1) is 25.4. The number of nitrogens with one attached hydrogen (secondary N) is 4. The summed E-state index contributed by atoms with van der Waals surface area (Å²) in [5, 5.41) is 24.6. The van der Waals surface area contributed by atoms with Crippen molar-refractivity contribution in [3.8, 4) is 0 Å². The summed E-state index contributed by atoms with van der Waals surface area (Å²) in [6.07, 6.45) is 1.12. The Kier molecular flexibility index (Phi) is 9.44. The van der Waals surface area contributed by atoms with Gasteiger partial charge in [-0.2, -0.15) is 0 Å². The Labute approximate surface area is 177 Å². The summed E-state index contributed by atoms with van der Waals surface area (Å²) >= 11 is 0. The SMILES string of the molecule is CC(C)(C)OC(=O)N[C@@H](CCC(=O)O)C(=O)N[C@@H](Cc1cnc[nH]1)C(=O)NCC(=O)O. The number of aliphatic carboxylic acids is 2. The lowest BCUT2D eigenvalue weighted by Crippen LogP contribution is -2.55. The van der Waals surface area contributed by atoms with E-state index in [2.05, 4.69) is 25.9 Å². The van der Waals surface area contributed by atoms with Crippen LogP contribution in [0.25, 0.3) is 0 Å². The van der Waals surface area contributed by atoms with Crippen LogP contribution in [0.2, 0.25) is 0 Å². The molecule has 0 aliphatic rings. The fourth-order valence-electron chi connectivity index (χ4n) is 2.37. The van der Waals surface area contributed by atoms with Crippen molar-refractivity contribution in [3.63, 3.8) is 0 Å². The predicted molar refractivity (Wildman–Crippen MR) is 105 cm³/mol. The number of aromatic amines is 1. The molecule has 0 fully saturated rings. The molecule has 3 amide bonds. The van der Waals surface area contributed by atoms with Crippen LogP contribution in [-0.2, 0) is 30.3 Å². The molecule has 2 atom stereocenters. The zero-order valence-corrected chi connectivity index (χ0v) is 17.4. The summed E-state index contributed by atoms with van der Waals surface area (Å²) < 4.78 is 5.09. The smallest absolute Gasteiger partial charge is 0.408 e. The average molecular weight is 441 g/mol. The second-order valence-electron chi connectivity index (χ2n) is 7.58. The number of alkyl carbamates (subject to hydrolysis) is 1. The summed E-state index contributed by atoms with van der Waals surface area (Å²) in [5.41, 5.74) is -0.365. The fraction of sp³-hybridized carbons (Fsp3) is 0.556. The Hall–Kier alpha value is -3.64. The second-order valence-corrected chi connectivity index (χ2v) is 7.58. The summed E-state index contributed by atoms with van der Waals surface area (Å²) in [7, 11) is 0. The Morgan fingerprint density at radius 1 is 1.06 bits per heavy atom. The third-order valence-electron chi connectivity index (χ3n) is 3.68. The van der Waals surface area contributed by atoms with Crippen molar-refractivity contribution in [2.75, 3.05) is 6.54 Å². The fourth-order valence-corrected chi connectivity index (χ4v) is 2.37. The van der Waals surface area contributed by atoms with E-state index in [4.69, 9.17) is 14.9 Å². The molecule has 1 rings (SSSR count). The Morgan fingerprint density at radius 3 is 2.26 bits per heavy atom. The highest BCUT2D eigenvalue weighted by Crippen LogP contribution is 2.08. The zero-order chi connectivity index (χ0) is 23.6. The zero-order valence-electron chi connectivity index (χ0n) is 17.4. The molecular formula is C18H27N5O8. The first-order valence-electron chi connectivity index (χ1n) is 9.36. The maximum atomic E-state index is 12.7. The summed E-state index contributed by atoms with van der Waals surface area (Å²) in [6, 6.07) is -2.51. The van der Waals surface area contributed by atoms with Gasteiger partial charge in [0.2, 0.25) is 11.8 Å². The van der Waals surface area contributed by atoms with Crippen LogP contribution in [-0.4, -0.2) is 74.3 Å². The number of carboxylic acids is 2. The molecule has 0 saturated heterocycles. The Bertz CT molecular complexity index is 787. The summed E-state index contributed by atoms with van der Waals surface area (Å²) in [5.74, 6) is -4.07. The van der Waals surface area contributed by atoms with E-state index in [1.807, 2.05) is 0 Å². The van der Waals surface area contributed by atoms with Gasteiger partial charge in [-0.25, -0.2) is 9.78 Å². The molecule has 0 spiro atoms. The monoisotopic (exact) mass is 441 g/mol. The summed E-state index contributed by atoms with van der Waals surface area (Å²) in [6.45, 7) is 4.19.